The summed E-state index contributed by atoms with van der Waals surface area (Å²) in [6.45, 7) is 4.00. The Bertz CT molecular complexity index is 1370. The van der Waals surface area contributed by atoms with Crippen LogP contribution in [0.1, 0.15) is 30.5 Å². The molecule has 4 rings (SSSR count). The SMILES string of the molecule is CCOC(=O)COc1ccc(SCCc2cccc3cn(-c4ccc(C(F)(F)F)cc4)nc23)cc1CC. The van der Waals surface area contributed by atoms with E-state index in [0.717, 1.165) is 57.7 Å². The number of thioether (sulfide) groups is 1. The van der Waals surface area contributed by atoms with Crippen LogP contribution in [0.15, 0.2) is 71.8 Å². The largest absolute Gasteiger partial charge is 0.482 e. The Morgan fingerprint density at radius 1 is 1.03 bits per heavy atom. The van der Waals surface area contributed by atoms with Crippen molar-refractivity contribution in [3.05, 3.63) is 83.6 Å². The molecule has 9 heteroatoms. The van der Waals surface area contributed by atoms with Crippen LogP contribution in [-0.2, 0) is 28.5 Å². The minimum absolute atomic E-state index is 0.115. The van der Waals surface area contributed by atoms with Crippen molar-refractivity contribution < 1.29 is 27.4 Å². The summed E-state index contributed by atoms with van der Waals surface area (Å²) in [5, 5.41) is 5.59. The lowest BCUT2D eigenvalue weighted by Gasteiger charge is -2.12. The Hall–Kier alpha value is -3.46. The number of carbonyl (C=O) groups excluding carboxylic acids is 1. The quantitative estimate of drug-likeness (QED) is 0.166. The molecule has 0 fully saturated rings. The highest BCUT2D eigenvalue weighted by atomic mass is 32.2. The number of benzene rings is 3. The van der Waals surface area contributed by atoms with Crippen LogP contribution in [0, 0.1) is 0 Å². The smallest absolute Gasteiger partial charge is 0.416 e. The van der Waals surface area contributed by atoms with Gasteiger partial charge in [-0.2, -0.15) is 18.3 Å². The fraction of sp³-hybridized carbons (Fsp3) is 0.286. The summed E-state index contributed by atoms with van der Waals surface area (Å²) >= 11 is 1.71. The molecule has 0 amide bonds. The molecule has 3 aromatic carbocycles. The van der Waals surface area contributed by atoms with Crippen molar-refractivity contribution in [2.75, 3.05) is 19.0 Å². The van der Waals surface area contributed by atoms with Gasteiger partial charge in [0.1, 0.15) is 5.75 Å². The molecule has 5 nitrogen and oxygen atoms in total. The Morgan fingerprint density at radius 2 is 1.81 bits per heavy atom. The third kappa shape index (κ3) is 6.65. The van der Waals surface area contributed by atoms with Gasteiger partial charge >= 0.3 is 12.1 Å². The standard InChI is InChI=1S/C28H27F3N2O3S/c1-3-19-16-24(12-13-25(19)36-18-26(34)35-4-2)37-15-14-20-6-5-7-21-17-33(32-27(20)21)23-10-8-22(9-11-23)28(29,30)31/h5-13,16-17H,3-4,14-15,18H2,1-2H3. The van der Waals surface area contributed by atoms with Gasteiger partial charge in [0.15, 0.2) is 6.61 Å². The van der Waals surface area contributed by atoms with Gasteiger partial charge in [-0.3, -0.25) is 0 Å². The minimum Gasteiger partial charge on any atom is -0.482 e. The van der Waals surface area contributed by atoms with E-state index in [0.29, 0.717) is 18.0 Å². The first kappa shape index (κ1) is 26.6. The van der Waals surface area contributed by atoms with Crippen LogP contribution in [-0.4, -0.2) is 34.7 Å². The molecule has 4 aromatic rings. The molecule has 1 aromatic heterocycles. The van der Waals surface area contributed by atoms with Gasteiger partial charge in [-0.25, -0.2) is 9.48 Å². The molecule has 0 aliphatic rings. The van der Waals surface area contributed by atoms with Crippen molar-refractivity contribution in [1.29, 1.82) is 0 Å². The summed E-state index contributed by atoms with van der Waals surface area (Å²) < 4.78 is 50.8. The van der Waals surface area contributed by atoms with Gasteiger partial charge in [0.25, 0.3) is 0 Å². The molecule has 0 saturated heterocycles. The Labute approximate surface area is 217 Å². The van der Waals surface area contributed by atoms with Crippen molar-refractivity contribution in [3.63, 3.8) is 0 Å². The zero-order chi connectivity index (χ0) is 26.4. The maximum atomic E-state index is 12.9. The van der Waals surface area contributed by atoms with Crippen LogP contribution in [0.5, 0.6) is 5.75 Å². The zero-order valence-electron chi connectivity index (χ0n) is 20.5. The summed E-state index contributed by atoms with van der Waals surface area (Å²) in [4.78, 5) is 12.7. The highest BCUT2D eigenvalue weighted by Crippen LogP contribution is 2.31. The molecule has 37 heavy (non-hydrogen) atoms. The second kappa shape index (κ2) is 11.7. The predicted molar refractivity (Wildman–Crippen MR) is 138 cm³/mol. The third-order valence-electron chi connectivity index (χ3n) is 5.78. The van der Waals surface area contributed by atoms with Crippen molar-refractivity contribution >= 4 is 28.6 Å². The molecule has 0 atom stereocenters. The van der Waals surface area contributed by atoms with Gasteiger partial charge in [0, 0.05) is 22.2 Å². The van der Waals surface area contributed by atoms with Crippen molar-refractivity contribution in [3.8, 4) is 11.4 Å². The second-order valence-electron chi connectivity index (χ2n) is 8.29. The number of nitrogens with zero attached hydrogens (tertiary/aromatic N) is 2. The molecule has 0 bridgehead atoms. The summed E-state index contributed by atoms with van der Waals surface area (Å²) in [6.07, 6.45) is -0.995. The number of aryl methyl sites for hydroxylation is 2. The summed E-state index contributed by atoms with van der Waals surface area (Å²) in [5.74, 6) is 1.11. The summed E-state index contributed by atoms with van der Waals surface area (Å²) in [5.41, 5.74) is 2.81. The first-order chi connectivity index (χ1) is 17.8. The third-order valence-corrected chi connectivity index (χ3v) is 6.78. The highest BCUT2D eigenvalue weighted by Gasteiger charge is 2.30. The van der Waals surface area contributed by atoms with E-state index in [2.05, 4.69) is 11.2 Å². The Kier molecular flexibility index (Phi) is 8.43. The first-order valence-electron chi connectivity index (χ1n) is 12.0. The number of fused-ring (bicyclic) bond motifs is 1. The molecule has 0 unspecified atom stereocenters. The lowest BCUT2D eigenvalue weighted by molar-refractivity contribution is -0.145. The number of halogens is 3. The van der Waals surface area contributed by atoms with E-state index in [9.17, 15) is 18.0 Å². The molecule has 194 valence electrons. The predicted octanol–water partition coefficient (Wildman–Crippen LogP) is 6.88. The Morgan fingerprint density at radius 3 is 2.51 bits per heavy atom. The van der Waals surface area contributed by atoms with E-state index in [1.165, 1.54) is 12.1 Å². The van der Waals surface area contributed by atoms with Crippen molar-refractivity contribution in [2.24, 2.45) is 0 Å². The summed E-state index contributed by atoms with van der Waals surface area (Å²) in [7, 11) is 0. The first-order valence-corrected chi connectivity index (χ1v) is 13.0. The number of hydrogen-bond donors (Lipinski definition) is 0. The van der Waals surface area contributed by atoms with Gasteiger partial charge in [0.2, 0.25) is 0 Å². The number of alkyl halides is 3. The lowest BCUT2D eigenvalue weighted by Crippen LogP contribution is -2.15. The zero-order valence-corrected chi connectivity index (χ0v) is 21.4. The average Bonchev–Trinajstić information content (AvgIpc) is 3.33. The van der Waals surface area contributed by atoms with Crippen LogP contribution in [0.25, 0.3) is 16.6 Å². The summed E-state index contributed by atoms with van der Waals surface area (Å²) in [6, 6.07) is 16.9. The lowest BCUT2D eigenvalue weighted by atomic mass is 10.1. The van der Waals surface area contributed by atoms with E-state index in [1.807, 2.05) is 43.5 Å². The van der Waals surface area contributed by atoms with E-state index in [1.54, 1.807) is 23.4 Å². The number of ether oxygens (including phenoxy) is 2. The van der Waals surface area contributed by atoms with E-state index < -0.39 is 17.7 Å². The number of carbonyl (C=O) groups is 1. The topological polar surface area (TPSA) is 53.4 Å². The molecule has 0 aliphatic heterocycles. The van der Waals surface area contributed by atoms with Gasteiger partial charge in [0.05, 0.1) is 23.4 Å². The van der Waals surface area contributed by atoms with Gasteiger partial charge < -0.3 is 9.47 Å². The molecular weight excluding hydrogens is 501 g/mol. The second-order valence-corrected chi connectivity index (χ2v) is 9.46. The monoisotopic (exact) mass is 528 g/mol. The molecule has 0 radical (unpaired) electrons. The Balaban J connectivity index is 1.42. The van der Waals surface area contributed by atoms with Crippen molar-refractivity contribution in [2.45, 2.75) is 37.8 Å². The van der Waals surface area contributed by atoms with E-state index >= 15 is 0 Å². The van der Waals surface area contributed by atoms with Gasteiger partial charge in [-0.15, -0.1) is 11.8 Å². The van der Waals surface area contributed by atoms with Crippen LogP contribution in [0.2, 0.25) is 0 Å². The number of rotatable bonds is 10. The van der Waals surface area contributed by atoms with Crippen LogP contribution < -0.4 is 4.74 Å². The van der Waals surface area contributed by atoms with E-state index in [4.69, 9.17) is 9.47 Å². The number of hydrogen-bond acceptors (Lipinski definition) is 5. The van der Waals surface area contributed by atoms with Crippen LogP contribution >= 0.6 is 11.8 Å². The maximum absolute atomic E-state index is 12.9. The van der Waals surface area contributed by atoms with E-state index in [-0.39, 0.29) is 6.61 Å². The van der Waals surface area contributed by atoms with Crippen LogP contribution in [0.4, 0.5) is 13.2 Å². The molecular formula is C28H27F3N2O3S. The van der Waals surface area contributed by atoms with Gasteiger partial charge in [-0.05, 0) is 73.4 Å². The fourth-order valence-electron chi connectivity index (χ4n) is 3.92. The number of esters is 1. The molecule has 0 saturated carbocycles. The average molecular weight is 529 g/mol. The molecule has 0 N–H and O–H groups in total. The normalized spacial score (nSPS) is 11.6. The highest BCUT2D eigenvalue weighted by molar-refractivity contribution is 7.99. The molecule has 1 heterocycles. The fourth-order valence-corrected chi connectivity index (χ4v) is 4.87. The van der Waals surface area contributed by atoms with Crippen molar-refractivity contribution in [1.82, 2.24) is 9.78 Å². The van der Waals surface area contributed by atoms with Gasteiger partial charge in [-0.1, -0.05) is 25.1 Å². The number of aromatic nitrogens is 2. The molecule has 0 spiro atoms. The molecule has 0 aliphatic carbocycles. The van der Waals surface area contributed by atoms with Crippen LogP contribution in [0.3, 0.4) is 0 Å². The minimum atomic E-state index is -4.37. The maximum Gasteiger partial charge on any atom is 0.416 e.